The number of benzene rings is 3. The average molecular weight is 541 g/mol. The number of aromatic nitrogens is 2. The molecule has 4 rings (SSSR count). The van der Waals surface area contributed by atoms with Crippen LogP contribution in [-0.4, -0.2) is 25.7 Å². The van der Waals surface area contributed by atoms with Crippen molar-refractivity contribution >= 4 is 39.4 Å². The molecule has 3 aromatic carbocycles. The summed E-state index contributed by atoms with van der Waals surface area (Å²) in [5.41, 5.74) is 1.69. The Bertz CT molecular complexity index is 1350. The number of carbonyl (C=O) groups excluding carboxylic acids is 1. The molecule has 7 nitrogen and oxygen atoms in total. The molecule has 162 valence electrons. The van der Waals surface area contributed by atoms with Gasteiger partial charge in [0.2, 0.25) is 0 Å². The van der Waals surface area contributed by atoms with Crippen molar-refractivity contribution in [1.82, 2.24) is 14.9 Å². The summed E-state index contributed by atoms with van der Waals surface area (Å²) in [6.45, 7) is 0.388. The van der Waals surface area contributed by atoms with Crippen LogP contribution in [0.2, 0.25) is 0 Å². The standard InChI is InChI=1S/C24H20IN3O4/c25-18-8-4-7-17-22(18)27-21(14-26-23(31)16-5-2-1-3-6-16)28(24(17)32)12-11-15-9-10-19(29)20(30)13-15/h1-10,13,29-30H,11-12,14H2,(H,26,31). The first-order chi connectivity index (χ1) is 15.4. The molecule has 8 heteroatoms. The normalized spacial score (nSPS) is 10.9. The van der Waals surface area contributed by atoms with Gasteiger partial charge in [-0.3, -0.25) is 14.2 Å². The number of nitrogens with zero attached hydrogens (tertiary/aromatic N) is 2. The Hall–Kier alpha value is -3.40. The number of fused-ring (bicyclic) bond motifs is 1. The number of para-hydroxylation sites is 1. The zero-order valence-electron chi connectivity index (χ0n) is 17.0. The zero-order valence-corrected chi connectivity index (χ0v) is 19.1. The largest absolute Gasteiger partial charge is 0.504 e. The highest BCUT2D eigenvalue weighted by Gasteiger charge is 2.15. The van der Waals surface area contributed by atoms with E-state index in [4.69, 9.17) is 4.98 Å². The lowest BCUT2D eigenvalue weighted by atomic mass is 10.1. The second-order valence-corrected chi connectivity index (χ2v) is 8.40. The number of hydrogen-bond donors (Lipinski definition) is 3. The number of rotatable bonds is 6. The fraction of sp³-hybridized carbons (Fsp3) is 0.125. The minimum Gasteiger partial charge on any atom is -0.504 e. The van der Waals surface area contributed by atoms with Gasteiger partial charge in [-0.05, 0) is 71.0 Å². The van der Waals surface area contributed by atoms with Crippen molar-refractivity contribution < 1.29 is 15.0 Å². The van der Waals surface area contributed by atoms with Gasteiger partial charge in [-0.1, -0.05) is 30.3 Å². The molecule has 0 aliphatic carbocycles. The summed E-state index contributed by atoms with van der Waals surface area (Å²) in [5.74, 6) is -0.217. The molecule has 0 radical (unpaired) electrons. The fourth-order valence-electron chi connectivity index (χ4n) is 3.44. The Morgan fingerprint density at radius 1 is 1.00 bits per heavy atom. The van der Waals surface area contributed by atoms with E-state index in [9.17, 15) is 19.8 Å². The number of amides is 1. The number of hydrogen-bond acceptors (Lipinski definition) is 5. The van der Waals surface area contributed by atoms with Crippen LogP contribution in [0.1, 0.15) is 21.7 Å². The van der Waals surface area contributed by atoms with Crippen LogP contribution in [0.5, 0.6) is 11.5 Å². The van der Waals surface area contributed by atoms with Crippen LogP contribution in [0.25, 0.3) is 10.9 Å². The SMILES string of the molecule is O=C(NCc1nc2c(I)cccc2c(=O)n1CCc1ccc(O)c(O)c1)c1ccccc1. The minimum absolute atomic E-state index is 0.0880. The third kappa shape index (κ3) is 4.59. The second-order valence-electron chi connectivity index (χ2n) is 7.24. The van der Waals surface area contributed by atoms with Crippen LogP contribution in [0, 0.1) is 3.57 Å². The lowest BCUT2D eigenvalue weighted by molar-refractivity contribution is 0.0949. The van der Waals surface area contributed by atoms with Gasteiger partial charge >= 0.3 is 0 Å². The maximum Gasteiger partial charge on any atom is 0.261 e. The van der Waals surface area contributed by atoms with Crippen LogP contribution in [0.4, 0.5) is 0 Å². The highest BCUT2D eigenvalue weighted by atomic mass is 127. The lowest BCUT2D eigenvalue weighted by Crippen LogP contribution is -2.31. The Morgan fingerprint density at radius 3 is 2.53 bits per heavy atom. The Labute approximate surface area is 197 Å². The van der Waals surface area contributed by atoms with Crippen molar-refractivity contribution in [3.8, 4) is 11.5 Å². The van der Waals surface area contributed by atoms with E-state index in [1.807, 2.05) is 18.2 Å². The summed E-state index contributed by atoms with van der Waals surface area (Å²) in [7, 11) is 0. The summed E-state index contributed by atoms with van der Waals surface area (Å²) >= 11 is 2.14. The summed E-state index contributed by atoms with van der Waals surface area (Å²) in [6.07, 6.45) is 0.435. The van der Waals surface area contributed by atoms with Gasteiger partial charge in [0.25, 0.3) is 11.5 Å². The molecule has 0 aliphatic heterocycles. The number of nitrogens with one attached hydrogen (secondary N) is 1. The maximum atomic E-state index is 13.3. The summed E-state index contributed by atoms with van der Waals surface area (Å²) in [4.78, 5) is 30.5. The molecular formula is C24H20IN3O4. The molecule has 0 aliphatic rings. The van der Waals surface area contributed by atoms with Crippen molar-refractivity contribution in [2.45, 2.75) is 19.5 Å². The van der Waals surface area contributed by atoms with Crippen molar-refractivity contribution in [2.24, 2.45) is 0 Å². The van der Waals surface area contributed by atoms with E-state index >= 15 is 0 Å². The third-order valence-corrected chi connectivity index (χ3v) is 5.99. The molecule has 1 aromatic heterocycles. The topological polar surface area (TPSA) is 104 Å². The van der Waals surface area contributed by atoms with Crippen molar-refractivity contribution in [2.75, 3.05) is 0 Å². The number of carbonyl (C=O) groups is 1. The zero-order chi connectivity index (χ0) is 22.7. The maximum absolute atomic E-state index is 13.3. The fourth-order valence-corrected chi connectivity index (χ4v) is 4.05. The molecule has 4 aromatic rings. The number of aryl methyl sites for hydroxylation is 1. The van der Waals surface area contributed by atoms with Gasteiger partial charge in [0.1, 0.15) is 5.82 Å². The van der Waals surface area contributed by atoms with Gasteiger partial charge in [0, 0.05) is 15.7 Å². The van der Waals surface area contributed by atoms with Crippen molar-refractivity contribution in [1.29, 1.82) is 0 Å². The lowest BCUT2D eigenvalue weighted by Gasteiger charge is -2.15. The van der Waals surface area contributed by atoms with Gasteiger partial charge in [-0.15, -0.1) is 0 Å². The van der Waals surface area contributed by atoms with Crippen LogP contribution in [0.3, 0.4) is 0 Å². The van der Waals surface area contributed by atoms with Gasteiger partial charge in [-0.25, -0.2) is 4.98 Å². The molecule has 1 heterocycles. The molecule has 3 N–H and O–H groups in total. The van der Waals surface area contributed by atoms with E-state index in [1.54, 1.807) is 41.0 Å². The van der Waals surface area contributed by atoms with Gasteiger partial charge in [-0.2, -0.15) is 0 Å². The molecule has 32 heavy (non-hydrogen) atoms. The van der Waals surface area contributed by atoms with E-state index in [0.717, 1.165) is 9.13 Å². The number of phenols is 2. The highest BCUT2D eigenvalue weighted by molar-refractivity contribution is 14.1. The number of phenolic OH excluding ortho intramolecular Hbond substituents is 2. The third-order valence-electron chi connectivity index (χ3n) is 5.12. The van der Waals surface area contributed by atoms with E-state index < -0.39 is 0 Å². The van der Waals surface area contributed by atoms with E-state index in [-0.39, 0.29) is 29.5 Å². The van der Waals surface area contributed by atoms with Crippen LogP contribution >= 0.6 is 22.6 Å². The molecule has 1 amide bonds. The first-order valence-corrected chi connectivity index (χ1v) is 11.0. The van der Waals surface area contributed by atoms with E-state index in [2.05, 4.69) is 27.9 Å². The number of aromatic hydroxyl groups is 2. The first kappa shape index (κ1) is 21.8. The molecule has 0 fully saturated rings. The highest BCUT2D eigenvalue weighted by Crippen LogP contribution is 2.25. The van der Waals surface area contributed by atoms with E-state index in [1.165, 1.54) is 12.1 Å². The van der Waals surface area contributed by atoms with Crippen molar-refractivity contribution in [3.63, 3.8) is 0 Å². The smallest absolute Gasteiger partial charge is 0.261 e. The Balaban J connectivity index is 1.67. The molecule has 0 saturated heterocycles. The van der Waals surface area contributed by atoms with Gasteiger partial charge < -0.3 is 15.5 Å². The summed E-state index contributed by atoms with van der Waals surface area (Å²) in [5, 5.41) is 22.6. The molecular weight excluding hydrogens is 521 g/mol. The predicted octanol–water partition coefficient (Wildman–Crippen LogP) is 3.59. The average Bonchev–Trinajstić information content (AvgIpc) is 2.80. The van der Waals surface area contributed by atoms with Crippen LogP contribution < -0.4 is 10.9 Å². The summed E-state index contributed by atoms with van der Waals surface area (Å²) in [6, 6.07) is 18.8. The van der Waals surface area contributed by atoms with Crippen molar-refractivity contribution in [3.05, 3.63) is 97.6 Å². The van der Waals surface area contributed by atoms with Gasteiger partial charge in [0.15, 0.2) is 11.5 Å². The van der Waals surface area contributed by atoms with Crippen LogP contribution in [-0.2, 0) is 19.5 Å². The summed E-state index contributed by atoms with van der Waals surface area (Å²) < 4.78 is 2.40. The molecule has 0 bridgehead atoms. The molecule has 0 spiro atoms. The molecule has 0 atom stereocenters. The number of halogens is 1. The van der Waals surface area contributed by atoms with Crippen LogP contribution in [0.15, 0.2) is 71.5 Å². The van der Waals surface area contributed by atoms with E-state index in [0.29, 0.717) is 35.3 Å². The molecule has 0 saturated carbocycles. The second kappa shape index (κ2) is 9.39. The van der Waals surface area contributed by atoms with Gasteiger partial charge in [0.05, 0.1) is 17.4 Å². The molecule has 0 unspecified atom stereocenters. The Kier molecular flexibility index (Phi) is 6.40. The first-order valence-electron chi connectivity index (χ1n) is 9.96. The quantitative estimate of drug-likeness (QED) is 0.256. The Morgan fingerprint density at radius 2 is 1.78 bits per heavy atom. The predicted molar refractivity (Wildman–Crippen MR) is 130 cm³/mol. The monoisotopic (exact) mass is 541 g/mol. The minimum atomic E-state index is -0.252.